The fourth-order valence-corrected chi connectivity index (χ4v) is 3.63. The van der Waals surface area contributed by atoms with Crippen LogP contribution >= 0.6 is 22.7 Å². The summed E-state index contributed by atoms with van der Waals surface area (Å²) in [5.41, 5.74) is 1.11. The zero-order chi connectivity index (χ0) is 13.8. The highest BCUT2D eigenvalue weighted by atomic mass is 32.1. The summed E-state index contributed by atoms with van der Waals surface area (Å²) in [5.74, 6) is 0. The molecule has 104 valence electrons. The standard InChI is InChI=1S/C14H20N2OS2/c1-9(7-12(17)13-5-4-6-18-13)15-8-14-10(2)16-11(3)19-14/h4-6,9,12,15,17H,7-8H2,1-3H3/t9-,12+/m1/s1. The number of aryl methyl sites for hydroxylation is 2. The van der Waals surface area contributed by atoms with E-state index < -0.39 is 0 Å². The summed E-state index contributed by atoms with van der Waals surface area (Å²) in [4.78, 5) is 6.75. The van der Waals surface area contributed by atoms with E-state index in [4.69, 9.17) is 0 Å². The van der Waals surface area contributed by atoms with Gasteiger partial charge in [-0.3, -0.25) is 0 Å². The van der Waals surface area contributed by atoms with Crippen molar-refractivity contribution in [2.75, 3.05) is 0 Å². The number of aliphatic hydroxyl groups excluding tert-OH is 1. The normalized spacial score (nSPS) is 14.5. The molecule has 0 amide bonds. The van der Waals surface area contributed by atoms with Crippen LogP contribution in [0.1, 0.15) is 39.9 Å². The molecule has 3 nitrogen and oxygen atoms in total. The number of nitrogens with zero attached hydrogens (tertiary/aromatic N) is 1. The van der Waals surface area contributed by atoms with Gasteiger partial charge >= 0.3 is 0 Å². The summed E-state index contributed by atoms with van der Waals surface area (Å²) in [6.45, 7) is 7.02. The van der Waals surface area contributed by atoms with Gasteiger partial charge in [0.25, 0.3) is 0 Å². The van der Waals surface area contributed by atoms with E-state index >= 15 is 0 Å². The van der Waals surface area contributed by atoms with Crippen molar-refractivity contribution in [2.24, 2.45) is 0 Å². The zero-order valence-electron chi connectivity index (χ0n) is 11.5. The predicted molar refractivity (Wildman–Crippen MR) is 81.8 cm³/mol. The van der Waals surface area contributed by atoms with Crippen LogP contribution in [0.5, 0.6) is 0 Å². The minimum absolute atomic E-state index is 0.277. The number of aliphatic hydroxyl groups is 1. The molecule has 0 saturated heterocycles. The lowest BCUT2D eigenvalue weighted by Crippen LogP contribution is -2.27. The van der Waals surface area contributed by atoms with Crippen LogP contribution < -0.4 is 5.32 Å². The largest absolute Gasteiger partial charge is 0.388 e. The lowest BCUT2D eigenvalue weighted by atomic mass is 10.1. The van der Waals surface area contributed by atoms with Gasteiger partial charge in [-0.2, -0.15) is 0 Å². The fourth-order valence-electron chi connectivity index (χ4n) is 2.02. The van der Waals surface area contributed by atoms with Gasteiger partial charge in [0, 0.05) is 22.3 Å². The molecule has 19 heavy (non-hydrogen) atoms. The Hall–Kier alpha value is -0.750. The highest BCUT2D eigenvalue weighted by Crippen LogP contribution is 2.23. The van der Waals surface area contributed by atoms with E-state index in [9.17, 15) is 5.11 Å². The van der Waals surface area contributed by atoms with Crippen molar-refractivity contribution in [3.8, 4) is 0 Å². The number of rotatable bonds is 6. The Labute approximate surface area is 122 Å². The second-order valence-corrected chi connectivity index (χ2v) is 7.06. The van der Waals surface area contributed by atoms with Crippen molar-refractivity contribution in [1.29, 1.82) is 0 Å². The van der Waals surface area contributed by atoms with E-state index in [0.29, 0.717) is 0 Å². The van der Waals surface area contributed by atoms with Gasteiger partial charge in [-0.25, -0.2) is 4.98 Å². The zero-order valence-corrected chi connectivity index (χ0v) is 13.1. The van der Waals surface area contributed by atoms with Crippen molar-refractivity contribution < 1.29 is 5.11 Å². The van der Waals surface area contributed by atoms with E-state index in [1.54, 1.807) is 22.7 Å². The van der Waals surface area contributed by atoms with Crippen LogP contribution in [0.25, 0.3) is 0 Å². The molecule has 2 rings (SSSR count). The van der Waals surface area contributed by atoms with Crippen molar-refractivity contribution in [2.45, 2.75) is 45.9 Å². The van der Waals surface area contributed by atoms with Crippen molar-refractivity contribution in [1.82, 2.24) is 10.3 Å². The van der Waals surface area contributed by atoms with Crippen molar-refractivity contribution in [3.63, 3.8) is 0 Å². The Morgan fingerprint density at radius 3 is 2.79 bits per heavy atom. The summed E-state index contributed by atoms with van der Waals surface area (Å²) < 4.78 is 0. The third kappa shape index (κ3) is 4.11. The first kappa shape index (κ1) is 14.7. The number of thiazole rings is 1. The smallest absolute Gasteiger partial charge is 0.0900 e. The van der Waals surface area contributed by atoms with Crippen LogP contribution in [0.15, 0.2) is 17.5 Å². The molecular formula is C14H20N2OS2. The molecule has 2 aromatic heterocycles. The van der Waals surface area contributed by atoms with Gasteiger partial charge in [0.05, 0.1) is 16.8 Å². The highest BCUT2D eigenvalue weighted by molar-refractivity contribution is 7.11. The second-order valence-electron chi connectivity index (χ2n) is 4.79. The predicted octanol–water partition coefficient (Wildman–Crippen LogP) is 3.42. The molecular weight excluding hydrogens is 276 g/mol. The van der Waals surface area contributed by atoms with Gasteiger partial charge in [-0.15, -0.1) is 22.7 Å². The van der Waals surface area contributed by atoms with Crippen LogP contribution in [0.4, 0.5) is 0 Å². The first-order valence-electron chi connectivity index (χ1n) is 6.44. The number of hydrogen-bond acceptors (Lipinski definition) is 5. The molecule has 0 aliphatic carbocycles. The fraction of sp³-hybridized carbons (Fsp3) is 0.500. The number of thiophene rings is 1. The molecule has 2 atom stereocenters. The maximum atomic E-state index is 10.1. The molecule has 0 aliphatic rings. The molecule has 0 unspecified atom stereocenters. The van der Waals surface area contributed by atoms with Crippen LogP contribution in [0.2, 0.25) is 0 Å². The van der Waals surface area contributed by atoms with Gasteiger partial charge < -0.3 is 10.4 Å². The van der Waals surface area contributed by atoms with Crippen LogP contribution in [0.3, 0.4) is 0 Å². The van der Waals surface area contributed by atoms with Gasteiger partial charge in [0.15, 0.2) is 0 Å². The van der Waals surface area contributed by atoms with Crippen LogP contribution in [-0.2, 0) is 6.54 Å². The Balaban J connectivity index is 1.81. The summed E-state index contributed by atoms with van der Waals surface area (Å²) in [6, 6.07) is 4.24. The topological polar surface area (TPSA) is 45.2 Å². The summed E-state index contributed by atoms with van der Waals surface area (Å²) in [5, 5.41) is 16.7. The molecule has 0 fully saturated rings. The molecule has 0 aromatic carbocycles. The minimum atomic E-state index is -0.369. The van der Waals surface area contributed by atoms with E-state index in [0.717, 1.165) is 28.5 Å². The summed E-state index contributed by atoms with van der Waals surface area (Å²) in [7, 11) is 0. The molecule has 0 saturated carbocycles. The van der Waals surface area contributed by atoms with Crippen molar-refractivity contribution in [3.05, 3.63) is 38.0 Å². The molecule has 0 aliphatic heterocycles. The molecule has 5 heteroatoms. The maximum absolute atomic E-state index is 10.1. The van der Waals surface area contributed by atoms with E-state index in [1.165, 1.54) is 4.88 Å². The van der Waals surface area contributed by atoms with Crippen LogP contribution in [0, 0.1) is 13.8 Å². The molecule has 0 spiro atoms. The molecule has 0 bridgehead atoms. The second kappa shape index (κ2) is 6.61. The molecule has 2 heterocycles. The highest BCUT2D eigenvalue weighted by Gasteiger charge is 2.13. The quantitative estimate of drug-likeness (QED) is 0.858. The number of hydrogen-bond donors (Lipinski definition) is 2. The first-order valence-corrected chi connectivity index (χ1v) is 8.13. The number of nitrogens with one attached hydrogen (secondary N) is 1. The van der Waals surface area contributed by atoms with Gasteiger partial charge in [0.1, 0.15) is 0 Å². The van der Waals surface area contributed by atoms with E-state index in [-0.39, 0.29) is 12.1 Å². The Morgan fingerprint density at radius 2 is 2.21 bits per heavy atom. The Bertz CT molecular complexity index is 508. The maximum Gasteiger partial charge on any atom is 0.0900 e. The van der Waals surface area contributed by atoms with E-state index in [1.807, 2.05) is 31.4 Å². The lowest BCUT2D eigenvalue weighted by Gasteiger charge is -2.16. The van der Waals surface area contributed by atoms with Crippen molar-refractivity contribution >= 4 is 22.7 Å². The average Bonchev–Trinajstić information content (AvgIpc) is 2.96. The van der Waals surface area contributed by atoms with Crippen LogP contribution in [-0.4, -0.2) is 16.1 Å². The van der Waals surface area contributed by atoms with E-state index in [2.05, 4.69) is 17.2 Å². The molecule has 2 N–H and O–H groups in total. The average molecular weight is 296 g/mol. The first-order chi connectivity index (χ1) is 9.06. The third-order valence-corrected chi connectivity index (χ3v) is 5.11. The SMILES string of the molecule is Cc1nc(C)c(CN[C@H](C)C[C@H](O)c2cccs2)s1. The third-order valence-electron chi connectivity index (χ3n) is 3.06. The van der Waals surface area contributed by atoms with Gasteiger partial charge in [0.2, 0.25) is 0 Å². The summed E-state index contributed by atoms with van der Waals surface area (Å²) in [6.07, 6.45) is 0.365. The molecule has 0 radical (unpaired) electrons. The number of aromatic nitrogens is 1. The minimum Gasteiger partial charge on any atom is -0.388 e. The van der Waals surface area contributed by atoms with Gasteiger partial charge in [-0.1, -0.05) is 6.07 Å². The Kier molecular flexibility index (Phi) is 5.10. The molecule has 2 aromatic rings. The lowest BCUT2D eigenvalue weighted by molar-refractivity contribution is 0.157. The van der Waals surface area contributed by atoms with Gasteiger partial charge in [-0.05, 0) is 38.6 Å². The summed E-state index contributed by atoms with van der Waals surface area (Å²) >= 11 is 3.35. The Morgan fingerprint density at radius 1 is 1.42 bits per heavy atom. The monoisotopic (exact) mass is 296 g/mol.